The molecule has 96 valence electrons. The first-order valence-electron chi connectivity index (χ1n) is 5.25. The van der Waals surface area contributed by atoms with Crippen LogP contribution < -0.4 is 5.73 Å². The molecule has 17 heavy (non-hydrogen) atoms. The summed E-state index contributed by atoms with van der Waals surface area (Å²) in [5, 5.41) is 0.726. The van der Waals surface area contributed by atoms with E-state index < -0.39 is 6.04 Å². The van der Waals surface area contributed by atoms with Gasteiger partial charge in [0.05, 0.1) is 6.04 Å². The van der Waals surface area contributed by atoms with Crippen LogP contribution in [0.25, 0.3) is 0 Å². The quantitative estimate of drug-likeness (QED) is 0.916. The molecule has 1 rings (SSSR count). The molecule has 3 nitrogen and oxygen atoms in total. The molecule has 0 bridgehead atoms. The predicted molar refractivity (Wildman–Crippen MR) is 73.7 cm³/mol. The van der Waals surface area contributed by atoms with Gasteiger partial charge in [-0.2, -0.15) is 0 Å². The summed E-state index contributed by atoms with van der Waals surface area (Å²) in [6.07, 6.45) is 0.812. The minimum absolute atomic E-state index is 0. The molecule has 2 N–H and O–H groups in total. The molecule has 1 aromatic carbocycles. The topological polar surface area (TPSA) is 46.3 Å². The summed E-state index contributed by atoms with van der Waals surface area (Å²) in [6, 6.07) is 7.20. The number of halogens is 2. The minimum atomic E-state index is -0.435. The van der Waals surface area contributed by atoms with E-state index in [0.29, 0.717) is 6.54 Å². The lowest BCUT2D eigenvalue weighted by Crippen LogP contribution is -2.40. The van der Waals surface area contributed by atoms with Gasteiger partial charge in [-0.25, -0.2) is 0 Å². The van der Waals surface area contributed by atoms with Crippen molar-refractivity contribution in [3.63, 3.8) is 0 Å². The van der Waals surface area contributed by atoms with Crippen molar-refractivity contribution in [3.05, 3.63) is 34.9 Å². The van der Waals surface area contributed by atoms with E-state index >= 15 is 0 Å². The number of hydrogen-bond donors (Lipinski definition) is 1. The number of likely N-dealkylation sites (N-methyl/N-ethyl adjacent to an activating group) is 1. The third kappa shape index (κ3) is 5.39. The summed E-state index contributed by atoms with van der Waals surface area (Å²) in [4.78, 5) is 13.2. The van der Waals surface area contributed by atoms with Crippen molar-refractivity contribution in [1.82, 2.24) is 4.90 Å². The molecule has 1 unspecified atom stereocenters. The largest absolute Gasteiger partial charge is 0.344 e. The molecule has 0 aromatic heterocycles. The van der Waals surface area contributed by atoms with Gasteiger partial charge in [-0.15, -0.1) is 12.4 Å². The fraction of sp³-hybridized carbons (Fsp3) is 0.417. The first-order chi connectivity index (χ1) is 7.50. The summed E-state index contributed by atoms with van der Waals surface area (Å²) in [5.41, 5.74) is 6.68. The molecule has 0 aliphatic carbocycles. The van der Waals surface area contributed by atoms with Crippen LogP contribution in [0.2, 0.25) is 5.02 Å². The Bertz CT molecular complexity index is 352. The van der Waals surface area contributed by atoms with Crippen molar-refractivity contribution in [2.75, 3.05) is 13.6 Å². The Morgan fingerprint density at radius 1 is 1.41 bits per heavy atom. The molecule has 1 amide bonds. The van der Waals surface area contributed by atoms with Crippen molar-refractivity contribution in [2.45, 2.75) is 19.4 Å². The van der Waals surface area contributed by atoms with E-state index in [2.05, 4.69) is 0 Å². The first-order valence-corrected chi connectivity index (χ1v) is 5.63. The highest BCUT2D eigenvalue weighted by Crippen LogP contribution is 2.10. The number of hydrogen-bond acceptors (Lipinski definition) is 2. The summed E-state index contributed by atoms with van der Waals surface area (Å²) in [7, 11) is 1.77. The van der Waals surface area contributed by atoms with Gasteiger partial charge in [-0.05, 0) is 31.0 Å². The number of amides is 1. The number of carbonyl (C=O) groups is 1. The lowest BCUT2D eigenvalue weighted by molar-refractivity contribution is -0.130. The molecule has 0 radical (unpaired) electrons. The van der Waals surface area contributed by atoms with Crippen LogP contribution in [0, 0.1) is 0 Å². The molecule has 0 fully saturated rings. The van der Waals surface area contributed by atoms with Gasteiger partial charge in [0.15, 0.2) is 0 Å². The number of benzene rings is 1. The van der Waals surface area contributed by atoms with Crippen LogP contribution in [0.1, 0.15) is 12.5 Å². The van der Waals surface area contributed by atoms with Crippen LogP contribution in [-0.2, 0) is 11.2 Å². The number of carbonyl (C=O) groups excluding carboxylic acids is 1. The first kappa shape index (κ1) is 16.2. The lowest BCUT2D eigenvalue weighted by Gasteiger charge is -2.19. The van der Waals surface area contributed by atoms with Gasteiger partial charge >= 0.3 is 0 Å². The van der Waals surface area contributed by atoms with Gasteiger partial charge in [-0.1, -0.05) is 23.7 Å². The van der Waals surface area contributed by atoms with Crippen molar-refractivity contribution in [1.29, 1.82) is 0 Å². The molecular formula is C12H18Cl2N2O. The maximum Gasteiger partial charge on any atom is 0.238 e. The Labute approximate surface area is 113 Å². The van der Waals surface area contributed by atoms with Gasteiger partial charge in [-0.3, -0.25) is 4.79 Å². The van der Waals surface area contributed by atoms with Gasteiger partial charge < -0.3 is 10.6 Å². The van der Waals surface area contributed by atoms with E-state index in [1.54, 1.807) is 18.9 Å². The van der Waals surface area contributed by atoms with E-state index in [-0.39, 0.29) is 18.3 Å². The van der Waals surface area contributed by atoms with Gasteiger partial charge in [0.2, 0.25) is 5.91 Å². The number of rotatable bonds is 4. The second-order valence-corrected chi connectivity index (χ2v) is 4.36. The minimum Gasteiger partial charge on any atom is -0.344 e. The molecule has 0 saturated heterocycles. The van der Waals surface area contributed by atoms with Crippen molar-refractivity contribution >= 4 is 29.9 Å². The molecule has 0 spiro atoms. The number of nitrogens with zero attached hydrogens (tertiary/aromatic N) is 1. The van der Waals surface area contributed by atoms with E-state index in [1.165, 1.54) is 0 Å². The fourth-order valence-corrected chi connectivity index (χ4v) is 1.53. The average molecular weight is 277 g/mol. The molecule has 1 atom stereocenters. The molecule has 1 aromatic rings. The Balaban J connectivity index is 0.00000256. The normalized spacial score (nSPS) is 11.5. The summed E-state index contributed by atoms with van der Waals surface area (Å²) >= 11 is 5.79. The monoisotopic (exact) mass is 276 g/mol. The van der Waals surface area contributed by atoms with E-state index in [4.69, 9.17) is 17.3 Å². The van der Waals surface area contributed by atoms with Crippen molar-refractivity contribution < 1.29 is 4.79 Å². The van der Waals surface area contributed by atoms with Crippen LogP contribution in [0.4, 0.5) is 0 Å². The summed E-state index contributed by atoms with van der Waals surface area (Å²) in [6.45, 7) is 2.36. The fourth-order valence-electron chi connectivity index (χ4n) is 1.41. The molecule has 0 aliphatic rings. The summed E-state index contributed by atoms with van der Waals surface area (Å²) in [5.74, 6) is -0.0334. The highest BCUT2D eigenvalue weighted by Gasteiger charge is 2.12. The van der Waals surface area contributed by atoms with Gasteiger partial charge in [0, 0.05) is 18.6 Å². The molecule has 0 heterocycles. The second kappa shape index (κ2) is 7.54. The van der Waals surface area contributed by atoms with E-state index in [1.807, 2.05) is 24.3 Å². The van der Waals surface area contributed by atoms with Crippen LogP contribution in [-0.4, -0.2) is 30.4 Å². The molecular weight excluding hydrogens is 259 g/mol. The second-order valence-electron chi connectivity index (χ2n) is 3.92. The summed E-state index contributed by atoms with van der Waals surface area (Å²) < 4.78 is 0. The van der Waals surface area contributed by atoms with Crippen LogP contribution in [0.15, 0.2) is 24.3 Å². The van der Waals surface area contributed by atoms with Crippen molar-refractivity contribution in [2.24, 2.45) is 5.73 Å². The zero-order valence-electron chi connectivity index (χ0n) is 10.0. The Morgan fingerprint density at radius 3 is 2.41 bits per heavy atom. The third-order valence-electron chi connectivity index (χ3n) is 2.41. The van der Waals surface area contributed by atoms with Crippen LogP contribution in [0.5, 0.6) is 0 Å². The number of nitrogens with two attached hydrogens (primary N) is 1. The van der Waals surface area contributed by atoms with Gasteiger partial charge in [0.1, 0.15) is 0 Å². The molecule has 5 heteroatoms. The van der Waals surface area contributed by atoms with Crippen LogP contribution >= 0.6 is 24.0 Å². The van der Waals surface area contributed by atoms with E-state index in [9.17, 15) is 4.79 Å². The highest BCUT2D eigenvalue weighted by atomic mass is 35.5. The Morgan fingerprint density at radius 2 is 1.94 bits per heavy atom. The zero-order chi connectivity index (χ0) is 12.1. The molecule has 0 aliphatic heterocycles. The smallest absolute Gasteiger partial charge is 0.238 e. The SMILES string of the molecule is CC(N)C(=O)N(C)CCc1ccc(Cl)cc1.Cl. The Kier molecular flexibility index (Phi) is 7.19. The zero-order valence-corrected chi connectivity index (χ0v) is 11.6. The highest BCUT2D eigenvalue weighted by molar-refractivity contribution is 6.30. The predicted octanol–water partition coefficient (Wildman–Crippen LogP) is 2.11. The Hall–Kier alpha value is -0.770. The maximum absolute atomic E-state index is 11.5. The maximum atomic E-state index is 11.5. The van der Waals surface area contributed by atoms with Crippen LogP contribution in [0.3, 0.4) is 0 Å². The average Bonchev–Trinajstić information content (AvgIpc) is 2.26. The van der Waals surface area contributed by atoms with Gasteiger partial charge in [0.25, 0.3) is 0 Å². The standard InChI is InChI=1S/C12H17ClN2O.ClH/c1-9(14)12(16)15(2)8-7-10-3-5-11(13)6-4-10;/h3-6,9H,7-8,14H2,1-2H3;1H. The lowest BCUT2D eigenvalue weighted by atomic mass is 10.1. The third-order valence-corrected chi connectivity index (χ3v) is 2.67. The van der Waals surface area contributed by atoms with E-state index in [0.717, 1.165) is 17.0 Å². The van der Waals surface area contributed by atoms with Crippen molar-refractivity contribution in [3.8, 4) is 0 Å². The molecule has 0 saturated carbocycles.